The van der Waals surface area contributed by atoms with E-state index in [1.165, 1.54) is 32.1 Å². The highest BCUT2D eigenvalue weighted by Gasteiger charge is 2.56. The molecule has 8 heteroatoms. The molecule has 4 saturated carbocycles. The highest BCUT2D eigenvalue weighted by atomic mass is 32.2. The van der Waals surface area contributed by atoms with E-state index in [-0.39, 0.29) is 33.8 Å². The molecule has 38 heavy (non-hydrogen) atoms. The van der Waals surface area contributed by atoms with Gasteiger partial charge in [-0.05, 0) is 125 Å². The smallest absolute Gasteiger partial charge is 0.266 e. The Balaban J connectivity index is 1.13. The van der Waals surface area contributed by atoms with Crippen LogP contribution in [0.15, 0.2) is 58.3 Å². The monoisotopic (exact) mass is 560 g/mol. The van der Waals surface area contributed by atoms with E-state index in [1.54, 1.807) is 48.5 Å². The van der Waals surface area contributed by atoms with Crippen LogP contribution in [0.4, 0.5) is 0 Å². The van der Waals surface area contributed by atoms with Crippen molar-refractivity contribution < 1.29 is 25.2 Å². The summed E-state index contributed by atoms with van der Waals surface area (Å²) >= 11 is 0. The summed E-state index contributed by atoms with van der Waals surface area (Å²) < 4.78 is 61.0. The van der Waals surface area contributed by atoms with Crippen LogP contribution in [0.25, 0.3) is 0 Å². The lowest BCUT2D eigenvalue weighted by Gasteiger charge is -2.63. The molecular weight excluding hydrogens is 520 g/mol. The first-order valence-corrected chi connectivity index (χ1v) is 16.7. The topological polar surface area (TPSA) is 86.7 Å². The van der Waals surface area contributed by atoms with Crippen LogP contribution in [0.1, 0.15) is 75.3 Å². The van der Waals surface area contributed by atoms with Gasteiger partial charge in [0.2, 0.25) is 0 Å². The molecule has 4 bridgehead atoms. The van der Waals surface area contributed by atoms with Crippen molar-refractivity contribution in [2.24, 2.45) is 22.7 Å². The third-order valence-corrected chi connectivity index (χ3v) is 11.8. The van der Waals surface area contributed by atoms with Crippen molar-refractivity contribution >= 4 is 20.2 Å². The Bertz CT molecular complexity index is 1210. The number of hydrogen-bond donors (Lipinski definition) is 0. The molecule has 6 rings (SSSR count). The fraction of sp³-hybridized carbons (Fsp3) is 0.600. The molecule has 0 saturated heterocycles. The normalized spacial score (nSPS) is 28.6. The Kier molecular flexibility index (Phi) is 7.81. The van der Waals surface area contributed by atoms with Gasteiger partial charge in [-0.1, -0.05) is 35.4 Å². The summed E-state index contributed by atoms with van der Waals surface area (Å²) in [5.74, 6) is 1.45. The first-order valence-electron chi connectivity index (χ1n) is 13.9. The highest BCUT2D eigenvalue weighted by molar-refractivity contribution is 7.87. The molecule has 0 aromatic heterocycles. The molecule has 0 spiro atoms. The van der Waals surface area contributed by atoms with Gasteiger partial charge in [0, 0.05) is 0 Å². The van der Waals surface area contributed by atoms with E-state index < -0.39 is 20.2 Å². The Morgan fingerprint density at radius 3 is 1.39 bits per heavy atom. The van der Waals surface area contributed by atoms with Crippen molar-refractivity contribution in [3.8, 4) is 0 Å². The van der Waals surface area contributed by atoms with Crippen LogP contribution >= 0.6 is 0 Å². The zero-order chi connectivity index (χ0) is 27.0. The van der Waals surface area contributed by atoms with Gasteiger partial charge in [0.25, 0.3) is 20.2 Å². The first kappa shape index (κ1) is 27.8. The Labute approximate surface area is 228 Å². The minimum atomic E-state index is -3.73. The van der Waals surface area contributed by atoms with Crippen molar-refractivity contribution in [2.75, 3.05) is 13.2 Å². The molecule has 0 unspecified atom stereocenters. The number of benzene rings is 2. The van der Waals surface area contributed by atoms with E-state index in [1.807, 2.05) is 13.8 Å². The Morgan fingerprint density at radius 2 is 1.03 bits per heavy atom. The maximum Gasteiger partial charge on any atom is 0.296 e. The second-order valence-electron chi connectivity index (χ2n) is 12.3. The Hall–Kier alpha value is -1.74. The summed E-state index contributed by atoms with van der Waals surface area (Å²) in [6.45, 7) is 4.28. The largest absolute Gasteiger partial charge is 0.296 e. The van der Waals surface area contributed by atoms with E-state index >= 15 is 0 Å². The van der Waals surface area contributed by atoms with E-state index in [2.05, 4.69) is 0 Å². The lowest BCUT2D eigenvalue weighted by Crippen LogP contribution is -2.52. The number of hydrogen-bond acceptors (Lipinski definition) is 6. The van der Waals surface area contributed by atoms with Crippen molar-refractivity contribution in [1.29, 1.82) is 0 Å². The van der Waals surface area contributed by atoms with Crippen molar-refractivity contribution in [3.05, 3.63) is 59.7 Å². The molecule has 208 valence electrons. The quantitative estimate of drug-likeness (QED) is 0.216. The van der Waals surface area contributed by atoms with Crippen LogP contribution in [-0.4, -0.2) is 30.0 Å². The molecule has 0 aliphatic heterocycles. The summed E-state index contributed by atoms with van der Waals surface area (Å²) in [5.41, 5.74) is 2.55. The molecule has 6 nitrogen and oxygen atoms in total. The van der Waals surface area contributed by atoms with Crippen LogP contribution in [0.5, 0.6) is 0 Å². The van der Waals surface area contributed by atoms with E-state index in [4.69, 9.17) is 8.37 Å². The van der Waals surface area contributed by atoms with Crippen LogP contribution in [0.3, 0.4) is 0 Å². The van der Waals surface area contributed by atoms with Gasteiger partial charge < -0.3 is 0 Å². The second kappa shape index (κ2) is 10.7. The molecule has 2 aromatic rings. The summed E-state index contributed by atoms with van der Waals surface area (Å²) in [6, 6.07) is 13.5. The number of aryl methyl sites for hydroxylation is 2. The summed E-state index contributed by atoms with van der Waals surface area (Å²) in [4.78, 5) is 0.423. The average Bonchev–Trinajstić information content (AvgIpc) is 2.84. The third kappa shape index (κ3) is 6.19. The fourth-order valence-electron chi connectivity index (χ4n) is 8.01. The van der Waals surface area contributed by atoms with Crippen LogP contribution < -0.4 is 0 Å². The third-order valence-electron chi connectivity index (χ3n) is 9.10. The van der Waals surface area contributed by atoms with Gasteiger partial charge in [0.15, 0.2) is 0 Å². The standard InChI is InChI=1S/C30H40O6S2/c1-23-5-9-27(10-6-23)37(31,32)35-15-3-13-29-18-25-17-26(19-29)21-30(20-25,22-29)14-4-16-36-38(33,34)28-11-7-24(2)8-12-28/h5-12,25-26H,3-4,13-22H2,1-2H3. The van der Waals surface area contributed by atoms with Gasteiger partial charge in [0.05, 0.1) is 23.0 Å². The summed E-state index contributed by atoms with van der Waals surface area (Å²) in [6.07, 6.45) is 10.8. The zero-order valence-electron chi connectivity index (χ0n) is 22.5. The predicted molar refractivity (Wildman–Crippen MR) is 147 cm³/mol. The van der Waals surface area contributed by atoms with Gasteiger partial charge in [-0.3, -0.25) is 8.37 Å². The molecule has 4 fully saturated rings. The average molecular weight is 561 g/mol. The molecule has 0 heterocycles. The maximum absolute atomic E-state index is 12.6. The molecular formula is C30H40O6S2. The van der Waals surface area contributed by atoms with Crippen LogP contribution in [0, 0.1) is 36.5 Å². The van der Waals surface area contributed by atoms with Crippen LogP contribution in [-0.2, 0) is 28.6 Å². The van der Waals surface area contributed by atoms with Crippen LogP contribution in [0.2, 0.25) is 0 Å². The van der Waals surface area contributed by atoms with Gasteiger partial charge in [0.1, 0.15) is 0 Å². The predicted octanol–water partition coefficient (Wildman–Crippen LogP) is 6.56. The van der Waals surface area contributed by atoms with E-state index in [0.717, 1.165) is 55.1 Å². The molecule has 0 radical (unpaired) electrons. The fourth-order valence-corrected chi connectivity index (χ4v) is 9.90. The Morgan fingerprint density at radius 1 is 0.658 bits per heavy atom. The van der Waals surface area contributed by atoms with E-state index in [9.17, 15) is 16.8 Å². The highest BCUT2D eigenvalue weighted by Crippen LogP contribution is 2.67. The van der Waals surface area contributed by atoms with Crippen molar-refractivity contribution in [1.82, 2.24) is 0 Å². The summed E-state index contributed by atoms with van der Waals surface area (Å²) in [5, 5.41) is 0. The zero-order valence-corrected chi connectivity index (χ0v) is 24.2. The molecule has 4 aliphatic rings. The van der Waals surface area contributed by atoms with E-state index in [0.29, 0.717) is 0 Å². The molecule has 0 N–H and O–H groups in total. The minimum absolute atomic E-state index is 0.212. The van der Waals surface area contributed by atoms with Gasteiger partial charge in [-0.2, -0.15) is 16.8 Å². The lowest BCUT2D eigenvalue weighted by molar-refractivity contribution is -0.119. The molecule has 0 atom stereocenters. The van der Waals surface area contributed by atoms with Gasteiger partial charge >= 0.3 is 0 Å². The first-order chi connectivity index (χ1) is 18.0. The minimum Gasteiger partial charge on any atom is -0.266 e. The maximum atomic E-state index is 12.6. The summed E-state index contributed by atoms with van der Waals surface area (Å²) in [7, 11) is -7.46. The SMILES string of the molecule is Cc1ccc(S(=O)(=O)OCCCC23CC4CC(C2)CC(CCCOS(=O)(=O)c2ccc(C)cc2)(C4)C3)cc1. The molecule has 4 aliphatic carbocycles. The molecule has 0 amide bonds. The van der Waals surface area contributed by atoms with Gasteiger partial charge in [-0.15, -0.1) is 0 Å². The van der Waals surface area contributed by atoms with Crippen molar-refractivity contribution in [3.63, 3.8) is 0 Å². The second-order valence-corrected chi connectivity index (χ2v) is 15.6. The lowest BCUT2D eigenvalue weighted by atomic mass is 9.42. The van der Waals surface area contributed by atoms with Crippen molar-refractivity contribution in [2.45, 2.75) is 87.8 Å². The van der Waals surface area contributed by atoms with Gasteiger partial charge in [-0.25, -0.2) is 0 Å². The number of rotatable bonds is 12. The molecule has 2 aromatic carbocycles.